The lowest BCUT2D eigenvalue weighted by Crippen LogP contribution is -2.37. The summed E-state index contributed by atoms with van der Waals surface area (Å²) in [5.74, 6) is -0.973. The molecule has 0 N–H and O–H groups in total. The van der Waals surface area contributed by atoms with E-state index in [2.05, 4.69) is 74.6 Å². The second-order valence-electron chi connectivity index (χ2n) is 16.4. The molecule has 0 amide bonds. The summed E-state index contributed by atoms with van der Waals surface area (Å²) in [7, 11) is 1.09. The highest BCUT2D eigenvalue weighted by Crippen LogP contribution is 2.38. The largest absolute Gasteiger partial charge is 0.756 e. The smallest absolute Gasteiger partial charge is 0.306 e. The SMILES string of the molecule is CCCCCCCC/C=C\C/C=C\C/C=C\CCCC(=O)O[C@H](COC(=O)CCC/C=C\C/C=C\C/C=C\CC1OC1CCCCC)COP(=O)([O-])OCC[N+](C)(C)C. The van der Waals surface area contributed by atoms with E-state index in [0.29, 0.717) is 42.5 Å². The second-order valence-corrected chi connectivity index (χ2v) is 17.9. The number of rotatable bonds is 39. The van der Waals surface area contributed by atoms with Gasteiger partial charge in [-0.25, -0.2) is 0 Å². The summed E-state index contributed by atoms with van der Waals surface area (Å²) in [6, 6.07) is 0. The first-order valence-corrected chi connectivity index (χ1v) is 24.2. The monoisotopic (exact) mass is 848 g/mol. The number of esters is 2. The van der Waals surface area contributed by atoms with Crippen LogP contribution in [0.1, 0.15) is 155 Å². The molecule has 0 spiro atoms. The van der Waals surface area contributed by atoms with Crippen LogP contribution in [0.15, 0.2) is 72.9 Å². The van der Waals surface area contributed by atoms with E-state index < -0.39 is 32.5 Å². The first-order valence-electron chi connectivity index (χ1n) is 22.8. The van der Waals surface area contributed by atoms with Crippen molar-refractivity contribution in [2.45, 2.75) is 173 Å². The zero-order valence-electron chi connectivity index (χ0n) is 37.6. The van der Waals surface area contributed by atoms with Crippen molar-refractivity contribution in [3.05, 3.63) is 72.9 Å². The zero-order valence-corrected chi connectivity index (χ0v) is 38.5. The van der Waals surface area contributed by atoms with Crippen LogP contribution in [0.2, 0.25) is 0 Å². The number of allylic oxidation sites excluding steroid dienone is 11. The summed E-state index contributed by atoms with van der Waals surface area (Å²) in [4.78, 5) is 37.5. The van der Waals surface area contributed by atoms with Crippen LogP contribution in [0, 0.1) is 0 Å². The van der Waals surface area contributed by atoms with Gasteiger partial charge in [0.05, 0.1) is 40.0 Å². The standard InChI is InChI=1S/C48H82NO9P/c1-6-8-10-11-12-13-14-15-16-17-18-19-20-25-28-31-35-39-48(51)57-44(43-56-59(52,53)55-41-40-49(3,4)5)42-54-47(50)38-34-30-27-24-22-21-23-26-29-33-37-46-45(58-46)36-32-9-7-2/h15-16,18-19,21,23-25,27-29,33,44-46H,6-14,17,20,22,26,30-32,34-43H2,1-5H3/b16-15-,19-18-,23-21-,27-24-,28-25-,33-29-/t44-,45?,46?/m1/s1. The highest BCUT2D eigenvalue weighted by Gasteiger charge is 2.36. The van der Waals surface area contributed by atoms with Gasteiger partial charge in [-0.3, -0.25) is 14.2 Å². The third kappa shape index (κ3) is 36.9. The molecule has 1 heterocycles. The van der Waals surface area contributed by atoms with Crippen molar-refractivity contribution in [3.8, 4) is 0 Å². The number of nitrogens with zero attached hydrogens (tertiary/aromatic N) is 1. The normalized spacial score (nSPS) is 17.7. The molecule has 1 aliphatic rings. The average molecular weight is 848 g/mol. The van der Waals surface area contributed by atoms with Gasteiger partial charge < -0.3 is 32.6 Å². The number of unbranched alkanes of at least 4 members (excludes halogenated alkanes) is 10. The zero-order chi connectivity index (χ0) is 43.3. The van der Waals surface area contributed by atoms with E-state index >= 15 is 0 Å². The molecule has 1 rings (SSSR count). The fraction of sp³-hybridized carbons (Fsp3) is 0.708. The molecule has 0 aromatic carbocycles. The molecule has 59 heavy (non-hydrogen) atoms. The summed E-state index contributed by atoms with van der Waals surface area (Å²) < 4.78 is 39.5. The van der Waals surface area contributed by atoms with E-state index in [-0.39, 0.29) is 26.1 Å². The number of epoxide rings is 1. The van der Waals surface area contributed by atoms with Crippen LogP contribution in [0.3, 0.4) is 0 Å². The molecule has 10 nitrogen and oxygen atoms in total. The maximum Gasteiger partial charge on any atom is 0.306 e. The molecule has 1 fully saturated rings. The van der Waals surface area contributed by atoms with Crippen LogP contribution >= 0.6 is 7.82 Å². The molecule has 11 heteroatoms. The van der Waals surface area contributed by atoms with Crippen molar-refractivity contribution < 1.29 is 46.8 Å². The molecular weight excluding hydrogens is 766 g/mol. The molecule has 3 unspecified atom stereocenters. The summed E-state index contributed by atoms with van der Waals surface area (Å²) in [6.07, 6.45) is 46.9. The highest BCUT2D eigenvalue weighted by atomic mass is 31.2. The lowest BCUT2D eigenvalue weighted by Gasteiger charge is -2.28. The molecular formula is C48H82NO9P. The Morgan fingerprint density at radius 3 is 1.73 bits per heavy atom. The van der Waals surface area contributed by atoms with Gasteiger partial charge in [0.25, 0.3) is 7.82 Å². The van der Waals surface area contributed by atoms with Gasteiger partial charge in [0, 0.05) is 12.8 Å². The maximum atomic E-state index is 12.7. The molecule has 338 valence electrons. The van der Waals surface area contributed by atoms with Crippen molar-refractivity contribution in [1.29, 1.82) is 0 Å². The summed E-state index contributed by atoms with van der Waals surface area (Å²) in [5, 5.41) is 0. The minimum atomic E-state index is -4.66. The third-order valence-electron chi connectivity index (χ3n) is 9.62. The number of phosphoric acid groups is 1. The van der Waals surface area contributed by atoms with Gasteiger partial charge >= 0.3 is 11.9 Å². The number of quaternary nitrogens is 1. The van der Waals surface area contributed by atoms with Gasteiger partial charge in [-0.2, -0.15) is 0 Å². The molecule has 0 aromatic heterocycles. The molecule has 0 aliphatic carbocycles. The van der Waals surface area contributed by atoms with Gasteiger partial charge in [0.15, 0.2) is 6.10 Å². The van der Waals surface area contributed by atoms with Crippen molar-refractivity contribution in [2.75, 3.05) is 47.5 Å². The Bertz CT molecular complexity index is 1300. The van der Waals surface area contributed by atoms with Crippen LogP contribution in [0.5, 0.6) is 0 Å². The van der Waals surface area contributed by atoms with Gasteiger partial charge in [-0.1, -0.05) is 138 Å². The predicted octanol–water partition coefficient (Wildman–Crippen LogP) is 11.4. The van der Waals surface area contributed by atoms with E-state index in [9.17, 15) is 19.0 Å². The van der Waals surface area contributed by atoms with E-state index in [1.54, 1.807) is 0 Å². The Labute approximate surface area is 359 Å². The Morgan fingerprint density at radius 1 is 0.627 bits per heavy atom. The first kappa shape index (κ1) is 54.4. The van der Waals surface area contributed by atoms with E-state index in [4.69, 9.17) is 23.3 Å². The van der Waals surface area contributed by atoms with E-state index in [1.165, 1.54) is 64.2 Å². The minimum absolute atomic E-state index is 0.0539. The molecule has 1 aliphatic heterocycles. The predicted molar refractivity (Wildman–Crippen MR) is 240 cm³/mol. The lowest BCUT2D eigenvalue weighted by atomic mass is 10.1. The highest BCUT2D eigenvalue weighted by molar-refractivity contribution is 7.45. The van der Waals surface area contributed by atoms with Crippen LogP contribution in [-0.2, 0) is 37.4 Å². The Balaban J connectivity index is 2.35. The van der Waals surface area contributed by atoms with Crippen LogP contribution in [0.25, 0.3) is 0 Å². The summed E-state index contributed by atoms with van der Waals surface area (Å²) in [5.41, 5.74) is 0. The van der Waals surface area contributed by atoms with Gasteiger partial charge in [-0.15, -0.1) is 0 Å². The Morgan fingerprint density at radius 2 is 1.14 bits per heavy atom. The molecule has 4 atom stereocenters. The lowest BCUT2D eigenvalue weighted by molar-refractivity contribution is -0.870. The number of ether oxygens (including phenoxy) is 3. The van der Waals surface area contributed by atoms with Crippen molar-refractivity contribution >= 4 is 19.8 Å². The summed E-state index contributed by atoms with van der Waals surface area (Å²) >= 11 is 0. The Kier molecular flexibility index (Phi) is 33.3. The van der Waals surface area contributed by atoms with Crippen LogP contribution < -0.4 is 4.89 Å². The maximum absolute atomic E-state index is 12.7. The molecule has 0 aromatic rings. The quantitative estimate of drug-likeness (QED) is 0.0148. The minimum Gasteiger partial charge on any atom is -0.756 e. The van der Waals surface area contributed by atoms with Gasteiger partial charge in [-0.05, 0) is 77.0 Å². The molecule has 1 saturated heterocycles. The van der Waals surface area contributed by atoms with Crippen LogP contribution in [0.4, 0.5) is 0 Å². The first-order chi connectivity index (χ1) is 28.5. The molecule has 0 radical (unpaired) electrons. The second kappa shape index (κ2) is 36.1. The summed E-state index contributed by atoms with van der Waals surface area (Å²) in [6.45, 7) is 4.04. The number of likely N-dealkylation sites (N-methyl/N-ethyl adjacent to an activating group) is 1. The van der Waals surface area contributed by atoms with Crippen LogP contribution in [-0.4, -0.2) is 82.2 Å². The number of carbonyl (C=O) groups is 2. The Hall–Kier alpha value is -2.59. The van der Waals surface area contributed by atoms with Crippen molar-refractivity contribution in [1.82, 2.24) is 0 Å². The van der Waals surface area contributed by atoms with Gasteiger partial charge in [0.2, 0.25) is 0 Å². The van der Waals surface area contributed by atoms with Gasteiger partial charge in [0.1, 0.15) is 19.8 Å². The number of phosphoric ester groups is 1. The fourth-order valence-corrected chi connectivity index (χ4v) is 6.66. The molecule has 0 saturated carbocycles. The fourth-order valence-electron chi connectivity index (χ4n) is 5.93. The number of hydrogen-bond donors (Lipinski definition) is 0. The number of hydrogen-bond acceptors (Lipinski definition) is 9. The van der Waals surface area contributed by atoms with E-state index in [1.807, 2.05) is 33.3 Å². The van der Waals surface area contributed by atoms with Crippen molar-refractivity contribution in [2.24, 2.45) is 0 Å². The topological polar surface area (TPSA) is 124 Å². The average Bonchev–Trinajstić information content (AvgIpc) is 3.94. The number of carbonyl (C=O) groups excluding carboxylic acids is 2. The third-order valence-corrected chi connectivity index (χ3v) is 10.6. The van der Waals surface area contributed by atoms with E-state index in [0.717, 1.165) is 44.9 Å². The van der Waals surface area contributed by atoms with Crippen molar-refractivity contribution in [3.63, 3.8) is 0 Å². The molecule has 0 bridgehead atoms.